The summed E-state index contributed by atoms with van der Waals surface area (Å²) < 4.78 is 9.84. The lowest BCUT2D eigenvalue weighted by molar-refractivity contribution is 0.0368. The van der Waals surface area contributed by atoms with Gasteiger partial charge in [0.05, 0.1) is 18.7 Å². The van der Waals surface area contributed by atoms with E-state index in [1.165, 1.54) is 10.4 Å². The Balaban J connectivity index is 1.63. The summed E-state index contributed by atoms with van der Waals surface area (Å²) in [7, 11) is 0. The van der Waals surface area contributed by atoms with Crippen molar-refractivity contribution in [2.75, 3.05) is 38.2 Å². The molecule has 1 aliphatic rings. The van der Waals surface area contributed by atoms with Gasteiger partial charge in [0, 0.05) is 31.1 Å². The third kappa shape index (κ3) is 3.05. The standard InChI is InChI=1S/C14H19N3OS/c1-11(10-17-6-8-18-9-7-17)15-14-12-4-2-3-5-13(12)16-19-14/h2-5,11,15H,6-10H2,1H3. The number of nitrogens with zero attached hydrogens (tertiary/aromatic N) is 2. The molecule has 0 amide bonds. The summed E-state index contributed by atoms with van der Waals surface area (Å²) in [5.74, 6) is 0. The number of ether oxygens (including phenoxy) is 1. The van der Waals surface area contributed by atoms with Gasteiger partial charge < -0.3 is 10.1 Å². The van der Waals surface area contributed by atoms with Gasteiger partial charge in [0.15, 0.2) is 0 Å². The topological polar surface area (TPSA) is 37.4 Å². The zero-order valence-corrected chi connectivity index (χ0v) is 11.9. The molecule has 2 aromatic rings. The van der Waals surface area contributed by atoms with Crippen LogP contribution in [0.1, 0.15) is 6.92 Å². The molecule has 1 aliphatic heterocycles. The van der Waals surface area contributed by atoms with Crippen molar-refractivity contribution in [1.82, 2.24) is 9.27 Å². The number of rotatable bonds is 4. The molecule has 1 unspecified atom stereocenters. The second-order valence-electron chi connectivity index (χ2n) is 4.99. The first-order valence-corrected chi connectivity index (χ1v) is 7.51. The molecule has 4 nitrogen and oxygen atoms in total. The van der Waals surface area contributed by atoms with Crippen LogP contribution in [0, 0.1) is 0 Å². The van der Waals surface area contributed by atoms with Crippen molar-refractivity contribution in [1.29, 1.82) is 0 Å². The molecule has 1 N–H and O–H groups in total. The Morgan fingerprint density at radius 3 is 3.00 bits per heavy atom. The zero-order chi connectivity index (χ0) is 13.1. The number of morpholine rings is 1. The minimum Gasteiger partial charge on any atom is -0.379 e. The van der Waals surface area contributed by atoms with Crippen LogP contribution in [0.15, 0.2) is 24.3 Å². The molecule has 0 radical (unpaired) electrons. The van der Waals surface area contributed by atoms with Gasteiger partial charge in [-0.25, -0.2) is 0 Å². The number of nitrogens with one attached hydrogen (secondary N) is 1. The Hall–Kier alpha value is -1.17. The summed E-state index contributed by atoms with van der Waals surface area (Å²) >= 11 is 1.55. The molecule has 5 heteroatoms. The zero-order valence-electron chi connectivity index (χ0n) is 11.1. The van der Waals surface area contributed by atoms with Crippen LogP contribution in [-0.4, -0.2) is 48.2 Å². The minimum atomic E-state index is 0.418. The molecule has 102 valence electrons. The third-order valence-corrected chi connectivity index (χ3v) is 4.21. The number of hydrogen-bond acceptors (Lipinski definition) is 5. The fourth-order valence-corrected chi connectivity index (χ4v) is 3.31. The van der Waals surface area contributed by atoms with Crippen LogP contribution in [-0.2, 0) is 4.74 Å². The van der Waals surface area contributed by atoms with Crippen molar-refractivity contribution in [3.05, 3.63) is 24.3 Å². The van der Waals surface area contributed by atoms with E-state index >= 15 is 0 Å². The summed E-state index contributed by atoms with van der Waals surface area (Å²) in [4.78, 5) is 2.45. The second-order valence-corrected chi connectivity index (χ2v) is 5.76. The molecule has 0 saturated carbocycles. The molecule has 3 rings (SSSR count). The highest BCUT2D eigenvalue weighted by Crippen LogP contribution is 2.27. The molecule has 2 heterocycles. The average Bonchev–Trinajstić information content (AvgIpc) is 2.83. The molecule has 1 aromatic heterocycles. The van der Waals surface area contributed by atoms with Crippen LogP contribution in [0.5, 0.6) is 0 Å². The summed E-state index contributed by atoms with van der Waals surface area (Å²) in [6.45, 7) is 7.07. The maximum absolute atomic E-state index is 5.37. The first kappa shape index (κ1) is 12.8. The van der Waals surface area contributed by atoms with Crippen molar-refractivity contribution >= 4 is 27.4 Å². The van der Waals surface area contributed by atoms with Crippen molar-refractivity contribution in [3.8, 4) is 0 Å². The lowest BCUT2D eigenvalue weighted by Gasteiger charge is -2.29. The van der Waals surface area contributed by atoms with Crippen LogP contribution < -0.4 is 5.32 Å². The number of aromatic nitrogens is 1. The van der Waals surface area contributed by atoms with E-state index < -0.39 is 0 Å². The Kier molecular flexibility index (Phi) is 3.96. The van der Waals surface area contributed by atoms with Gasteiger partial charge >= 0.3 is 0 Å². The van der Waals surface area contributed by atoms with Gasteiger partial charge in [-0.15, -0.1) is 0 Å². The third-order valence-electron chi connectivity index (χ3n) is 3.40. The van der Waals surface area contributed by atoms with E-state index in [2.05, 4.69) is 39.7 Å². The van der Waals surface area contributed by atoms with E-state index in [9.17, 15) is 0 Å². The van der Waals surface area contributed by atoms with Crippen molar-refractivity contribution in [3.63, 3.8) is 0 Å². The highest BCUT2D eigenvalue weighted by atomic mass is 32.1. The molecule has 0 bridgehead atoms. The Labute approximate surface area is 117 Å². The first-order valence-electron chi connectivity index (χ1n) is 6.74. The monoisotopic (exact) mass is 277 g/mol. The van der Waals surface area contributed by atoms with Gasteiger partial charge in [-0.05, 0) is 30.6 Å². The predicted molar refractivity (Wildman–Crippen MR) is 80.0 cm³/mol. The largest absolute Gasteiger partial charge is 0.379 e. The summed E-state index contributed by atoms with van der Waals surface area (Å²) in [5.41, 5.74) is 1.08. The van der Waals surface area contributed by atoms with E-state index in [1.54, 1.807) is 11.5 Å². The summed E-state index contributed by atoms with van der Waals surface area (Å²) in [6, 6.07) is 8.70. The lowest BCUT2D eigenvalue weighted by Crippen LogP contribution is -2.42. The average molecular weight is 277 g/mol. The van der Waals surface area contributed by atoms with Crippen molar-refractivity contribution < 1.29 is 4.74 Å². The second kappa shape index (κ2) is 5.86. The Morgan fingerprint density at radius 1 is 1.37 bits per heavy atom. The fraction of sp³-hybridized carbons (Fsp3) is 0.500. The normalized spacial score (nSPS) is 18.6. The minimum absolute atomic E-state index is 0.418. The molecular formula is C14H19N3OS. The molecule has 0 spiro atoms. The van der Waals surface area contributed by atoms with Gasteiger partial charge in [-0.2, -0.15) is 4.37 Å². The molecule has 1 aromatic carbocycles. The first-order chi connectivity index (χ1) is 9.33. The van der Waals surface area contributed by atoms with E-state index in [-0.39, 0.29) is 0 Å². The van der Waals surface area contributed by atoms with Crippen LogP contribution in [0.2, 0.25) is 0 Å². The number of hydrogen-bond donors (Lipinski definition) is 1. The van der Waals surface area contributed by atoms with Crippen LogP contribution >= 0.6 is 11.5 Å². The van der Waals surface area contributed by atoms with Gasteiger partial charge in [0.2, 0.25) is 0 Å². The molecule has 19 heavy (non-hydrogen) atoms. The van der Waals surface area contributed by atoms with Gasteiger partial charge in [0.1, 0.15) is 5.00 Å². The maximum Gasteiger partial charge on any atom is 0.117 e. The molecular weight excluding hydrogens is 258 g/mol. The van der Waals surface area contributed by atoms with E-state index in [0.717, 1.165) is 38.4 Å². The molecule has 0 aliphatic carbocycles. The van der Waals surface area contributed by atoms with E-state index in [1.807, 2.05) is 6.07 Å². The van der Waals surface area contributed by atoms with E-state index in [4.69, 9.17) is 4.74 Å². The SMILES string of the molecule is CC(CN1CCOCC1)Nc1snc2ccccc12. The van der Waals surface area contributed by atoms with Crippen molar-refractivity contribution in [2.24, 2.45) is 0 Å². The highest BCUT2D eigenvalue weighted by molar-refractivity contribution is 7.11. The highest BCUT2D eigenvalue weighted by Gasteiger charge is 2.15. The summed E-state index contributed by atoms with van der Waals surface area (Å²) in [6.07, 6.45) is 0. The quantitative estimate of drug-likeness (QED) is 0.931. The van der Waals surface area contributed by atoms with Gasteiger partial charge in [-0.3, -0.25) is 4.90 Å². The predicted octanol–water partition coefficient (Wildman–Crippen LogP) is 2.43. The summed E-state index contributed by atoms with van der Waals surface area (Å²) in [5, 5.41) is 5.99. The fourth-order valence-electron chi connectivity index (χ4n) is 2.43. The Morgan fingerprint density at radius 2 is 2.16 bits per heavy atom. The number of fused-ring (bicyclic) bond motifs is 1. The Bertz CT molecular complexity index is 536. The van der Waals surface area contributed by atoms with Gasteiger partial charge in [0.25, 0.3) is 0 Å². The van der Waals surface area contributed by atoms with Crippen LogP contribution in [0.4, 0.5) is 5.00 Å². The number of anilines is 1. The molecule has 1 fully saturated rings. The molecule has 1 saturated heterocycles. The van der Waals surface area contributed by atoms with Crippen LogP contribution in [0.3, 0.4) is 0 Å². The van der Waals surface area contributed by atoms with Crippen LogP contribution in [0.25, 0.3) is 10.9 Å². The maximum atomic E-state index is 5.37. The number of benzene rings is 1. The van der Waals surface area contributed by atoms with E-state index in [0.29, 0.717) is 6.04 Å². The smallest absolute Gasteiger partial charge is 0.117 e. The molecule has 1 atom stereocenters. The lowest BCUT2D eigenvalue weighted by atomic mass is 10.2. The van der Waals surface area contributed by atoms with Crippen molar-refractivity contribution in [2.45, 2.75) is 13.0 Å². The van der Waals surface area contributed by atoms with Gasteiger partial charge in [-0.1, -0.05) is 12.1 Å².